The molecule has 3 rings (SSSR count). The molecule has 0 saturated heterocycles. The van der Waals surface area contributed by atoms with Gasteiger partial charge in [0.05, 0.1) is 27.5 Å². The Balaban J connectivity index is 1.58. The maximum absolute atomic E-state index is 12.2. The van der Waals surface area contributed by atoms with E-state index in [4.69, 9.17) is 11.6 Å². The van der Waals surface area contributed by atoms with Crippen LogP contribution in [0.4, 0.5) is 5.69 Å². The van der Waals surface area contributed by atoms with Crippen molar-refractivity contribution in [3.63, 3.8) is 0 Å². The molecule has 3 aromatic rings. The van der Waals surface area contributed by atoms with Gasteiger partial charge in [-0.15, -0.1) is 11.3 Å². The fourth-order valence-electron chi connectivity index (χ4n) is 2.28. The first-order valence-corrected chi connectivity index (χ1v) is 9.05. The number of carbonyl (C=O) groups is 2. The molecule has 7 heteroatoms. The van der Waals surface area contributed by atoms with Crippen molar-refractivity contribution in [2.45, 2.75) is 0 Å². The topological polar surface area (TPSA) is 62.3 Å². The van der Waals surface area contributed by atoms with Crippen molar-refractivity contribution >= 4 is 56.7 Å². The van der Waals surface area contributed by atoms with E-state index in [1.54, 1.807) is 37.4 Å². The zero-order valence-corrected chi connectivity index (χ0v) is 15.6. The molecule has 5 nitrogen and oxygen atoms in total. The lowest BCUT2D eigenvalue weighted by Gasteiger charge is -2.15. The predicted molar refractivity (Wildman–Crippen MR) is 106 cm³/mol. The number of rotatable bonds is 5. The number of fused-ring (bicyclic) bond motifs is 1. The van der Waals surface area contributed by atoms with Gasteiger partial charge in [-0.3, -0.25) is 9.59 Å². The summed E-state index contributed by atoms with van der Waals surface area (Å²) in [7, 11) is 1.57. The average molecular weight is 386 g/mol. The number of nitrogens with one attached hydrogen (secondary N) is 1. The quantitative estimate of drug-likeness (QED) is 0.673. The lowest BCUT2D eigenvalue weighted by molar-refractivity contribution is -0.129. The van der Waals surface area contributed by atoms with Crippen LogP contribution in [0.5, 0.6) is 0 Å². The van der Waals surface area contributed by atoms with Gasteiger partial charge in [0, 0.05) is 13.1 Å². The highest BCUT2D eigenvalue weighted by atomic mass is 35.5. The lowest BCUT2D eigenvalue weighted by Crippen LogP contribution is -2.33. The van der Waals surface area contributed by atoms with Gasteiger partial charge >= 0.3 is 0 Å². The average Bonchev–Trinajstić information content (AvgIpc) is 3.04. The number of halogens is 1. The van der Waals surface area contributed by atoms with E-state index in [1.165, 1.54) is 22.3 Å². The van der Waals surface area contributed by atoms with Gasteiger partial charge in [-0.05, 0) is 30.3 Å². The second-order valence-corrected chi connectivity index (χ2v) is 7.04. The molecule has 2 aromatic carbocycles. The monoisotopic (exact) mass is 385 g/mol. The van der Waals surface area contributed by atoms with Gasteiger partial charge < -0.3 is 10.2 Å². The molecule has 0 aliphatic carbocycles. The molecule has 1 aromatic heterocycles. The fourth-order valence-corrected chi connectivity index (χ4v) is 3.33. The van der Waals surface area contributed by atoms with Crippen LogP contribution in [0.3, 0.4) is 0 Å². The fraction of sp³-hybridized carbons (Fsp3) is 0.105. The Labute approximate surface area is 159 Å². The van der Waals surface area contributed by atoms with Crippen molar-refractivity contribution in [1.82, 2.24) is 9.88 Å². The van der Waals surface area contributed by atoms with Crippen molar-refractivity contribution < 1.29 is 9.59 Å². The zero-order valence-electron chi connectivity index (χ0n) is 14.0. The number of hydrogen-bond acceptors (Lipinski definition) is 4. The second kappa shape index (κ2) is 8.12. The third-order valence-corrected chi connectivity index (χ3v) is 4.92. The highest BCUT2D eigenvalue weighted by molar-refractivity contribution is 7.19. The van der Waals surface area contributed by atoms with Crippen LogP contribution in [0.15, 0.2) is 54.6 Å². The Morgan fingerprint density at radius 3 is 2.69 bits per heavy atom. The smallest absolute Gasteiger partial charge is 0.246 e. The van der Waals surface area contributed by atoms with E-state index in [-0.39, 0.29) is 18.4 Å². The van der Waals surface area contributed by atoms with Gasteiger partial charge in [-0.1, -0.05) is 35.9 Å². The van der Waals surface area contributed by atoms with Crippen molar-refractivity contribution in [2.75, 3.05) is 18.9 Å². The van der Waals surface area contributed by atoms with E-state index in [9.17, 15) is 9.59 Å². The number of benzene rings is 2. The van der Waals surface area contributed by atoms with Crippen LogP contribution in [-0.2, 0) is 9.59 Å². The predicted octanol–water partition coefficient (Wildman–Crippen LogP) is 4.06. The van der Waals surface area contributed by atoms with E-state index in [0.29, 0.717) is 10.7 Å². The van der Waals surface area contributed by atoms with Crippen LogP contribution in [0.1, 0.15) is 5.01 Å². The molecule has 0 radical (unpaired) electrons. The van der Waals surface area contributed by atoms with Gasteiger partial charge in [0.15, 0.2) is 0 Å². The van der Waals surface area contributed by atoms with Crippen LogP contribution in [0, 0.1) is 0 Å². The number of amides is 2. The maximum Gasteiger partial charge on any atom is 0.246 e. The Hall–Kier alpha value is -2.70. The summed E-state index contributed by atoms with van der Waals surface area (Å²) in [6.45, 7) is -0.0752. The summed E-state index contributed by atoms with van der Waals surface area (Å²) in [4.78, 5) is 30.0. The van der Waals surface area contributed by atoms with Crippen LogP contribution >= 0.6 is 22.9 Å². The summed E-state index contributed by atoms with van der Waals surface area (Å²) in [6, 6.07) is 14.7. The highest BCUT2D eigenvalue weighted by Gasteiger charge is 2.12. The van der Waals surface area contributed by atoms with Crippen LogP contribution in [0.2, 0.25) is 5.02 Å². The molecule has 1 N–H and O–H groups in total. The van der Waals surface area contributed by atoms with Crippen molar-refractivity contribution in [2.24, 2.45) is 0 Å². The zero-order chi connectivity index (χ0) is 18.5. The number of hydrogen-bond donors (Lipinski definition) is 1. The summed E-state index contributed by atoms with van der Waals surface area (Å²) in [6.07, 6.45) is 3.08. The molecule has 2 amide bonds. The summed E-state index contributed by atoms with van der Waals surface area (Å²) in [5.41, 5.74) is 1.42. The largest absolute Gasteiger partial charge is 0.333 e. The van der Waals surface area contributed by atoms with Gasteiger partial charge in [0.2, 0.25) is 11.8 Å². The molecule has 26 heavy (non-hydrogen) atoms. The molecule has 0 saturated carbocycles. The lowest BCUT2D eigenvalue weighted by atomic mass is 10.3. The van der Waals surface area contributed by atoms with Gasteiger partial charge in [-0.2, -0.15) is 0 Å². The standard InChI is InChI=1S/C19H16ClN3O2S/c1-23(12-17(24)21-14-7-3-2-6-13(14)20)19(25)11-10-18-22-15-8-4-5-9-16(15)26-18/h2-11H,12H2,1H3,(H,21,24). The Morgan fingerprint density at radius 1 is 1.19 bits per heavy atom. The first kappa shape index (κ1) is 18.1. The number of aromatic nitrogens is 1. The van der Waals surface area contributed by atoms with Crippen LogP contribution in [-0.4, -0.2) is 35.3 Å². The summed E-state index contributed by atoms with van der Waals surface area (Å²) in [5.74, 6) is -0.596. The summed E-state index contributed by atoms with van der Waals surface area (Å²) >= 11 is 7.51. The van der Waals surface area contributed by atoms with Crippen molar-refractivity contribution in [1.29, 1.82) is 0 Å². The summed E-state index contributed by atoms with van der Waals surface area (Å²) < 4.78 is 1.06. The molecule has 1 heterocycles. The number of para-hydroxylation sites is 2. The van der Waals surface area contributed by atoms with E-state index in [0.717, 1.165) is 15.2 Å². The molecular weight excluding hydrogens is 370 g/mol. The van der Waals surface area contributed by atoms with Crippen LogP contribution < -0.4 is 5.32 Å². The van der Waals surface area contributed by atoms with Crippen molar-refractivity contribution in [3.8, 4) is 0 Å². The molecule has 0 atom stereocenters. The Morgan fingerprint density at radius 2 is 1.92 bits per heavy atom. The third kappa shape index (κ3) is 4.47. The highest BCUT2D eigenvalue weighted by Crippen LogP contribution is 2.22. The molecule has 132 valence electrons. The maximum atomic E-state index is 12.2. The second-order valence-electron chi connectivity index (χ2n) is 5.58. The first-order valence-electron chi connectivity index (χ1n) is 7.86. The SMILES string of the molecule is CN(CC(=O)Nc1ccccc1Cl)C(=O)C=Cc1nc2ccccc2s1. The summed E-state index contributed by atoms with van der Waals surface area (Å²) in [5, 5.41) is 3.88. The molecule has 0 fully saturated rings. The molecule has 0 aliphatic heterocycles. The van der Waals surface area contributed by atoms with Gasteiger partial charge in [0.1, 0.15) is 5.01 Å². The van der Waals surface area contributed by atoms with Crippen molar-refractivity contribution in [3.05, 3.63) is 64.6 Å². The number of anilines is 1. The van der Waals surface area contributed by atoms with E-state index < -0.39 is 0 Å². The minimum atomic E-state index is -0.317. The minimum Gasteiger partial charge on any atom is -0.333 e. The number of nitrogens with zero attached hydrogens (tertiary/aromatic N) is 2. The first-order chi connectivity index (χ1) is 12.5. The number of likely N-dealkylation sites (N-methyl/N-ethyl adjacent to an activating group) is 1. The number of carbonyl (C=O) groups excluding carboxylic acids is 2. The third-order valence-electron chi connectivity index (χ3n) is 3.58. The molecule has 0 aliphatic rings. The molecule has 0 unspecified atom stereocenters. The normalized spacial score (nSPS) is 11.0. The van der Waals surface area contributed by atoms with E-state index in [1.807, 2.05) is 24.3 Å². The Bertz CT molecular complexity index is 951. The van der Waals surface area contributed by atoms with E-state index >= 15 is 0 Å². The van der Waals surface area contributed by atoms with Gasteiger partial charge in [0.25, 0.3) is 0 Å². The Kier molecular flexibility index (Phi) is 5.65. The molecular formula is C19H16ClN3O2S. The molecule has 0 spiro atoms. The molecule has 0 bridgehead atoms. The minimum absolute atomic E-state index is 0.0752. The van der Waals surface area contributed by atoms with Crippen LogP contribution in [0.25, 0.3) is 16.3 Å². The van der Waals surface area contributed by atoms with E-state index in [2.05, 4.69) is 10.3 Å². The van der Waals surface area contributed by atoms with Gasteiger partial charge in [-0.25, -0.2) is 4.98 Å². The number of thiazole rings is 1.